The fraction of sp³-hybridized carbons (Fsp3) is 0.579. The molecular formula is C19H27ClN4O2. The van der Waals surface area contributed by atoms with Crippen LogP contribution in [0.1, 0.15) is 31.7 Å². The van der Waals surface area contributed by atoms with Gasteiger partial charge in [0.05, 0.1) is 0 Å². The van der Waals surface area contributed by atoms with Crippen molar-refractivity contribution < 1.29 is 9.59 Å². The molecule has 0 aliphatic carbocycles. The van der Waals surface area contributed by atoms with Crippen molar-refractivity contribution in [1.29, 1.82) is 0 Å². The maximum atomic E-state index is 12.4. The second-order valence-corrected chi connectivity index (χ2v) is 7.69. The summed E-state index contributed by atoms with van der Waals surface area (Å²) >= 11 is 5.93. The molecule has 0 radical (unpaired) electrons. The highest BCUT2D eigenvalue weighted by molar-refractivity contribution is 6.30. The van der Waals surface area contributed by atoms with Crippen LogP contribution in [-0.4, -0.2) is 60.0 Å². The van der Waals surface area contributed by atoms with E-state index in [1.165, 1.54) is 12.5 Å². The second-order valence-electron chi connectivity index (χ2n) is 7.26. The Morgan fingerprint density at radius 1 is 1.04 bits per heavy atom. The van der Waals surface area contributed by atoms with Gasteiger partial charge in [-0.2, -0.15) is 0 Å². The van der Waals surface area contributed by atoms with E-state index in [2.05, 4.69) is 27.7 Å². The zero-order chi connectivity index (χ0) is 18.5. The van der Waals surface area contributed by atoms with Crippen LogP contribution in [-0.2, 0) is 11.3 Å². The summed E-state index contributed by atoms with van der Waals surface area (Å²) in [6.45, 7) is 5.68. The maximum absolute atomic E-state index is 12.4. The number of nitrogens with zero attached hydrogens (tertiary/aromatic N) is 2. The lowest BCUT2D eigenvalue weighted by atomic mass is 10.0. The molecule has 2 heterocycles. The Morgan fingerprint density at radius 2 is 1.69 bits per heavy atom. The molecule has 26 heavy (non-hydrogen) atoms. The standard InChI is InChI=1S/C19H27ClN4O2/c1-14(25)21-18-8-11-24(13-18)19(26)22-17-6-9-23(10-7-17)12-15-2-4-16(20)5-3-15/h2-5,17-18H,6-13H2,1H3,(H,21,25)(H,22,26)/t18-/m1/s1. The molecule has 2 fully saturated rings. The summed E-state index contributed by atoms with van der Waals surface area (Å²) in [7, 11) is 0. The van der Waals surface area contributed by atoms with Gasteiger partial charge in [0.1, 0.15) is 0 Å². The number of urea groups is 1. The average molecular weight is 379 g/mol. The van der Waals surface area contributed by atoms with Gasteiger partial charge in [-0.3, -0.25) is 9.69 Å². The smallest absolute Gasteiger partial charge is 0.317 e. The van der Waals surface area contributed by atoms with Crippen LogP contribution in [0.2, 0.25) is 5.02 Å². The predicted octanol–water partition coefficient (Wildman–Crippen LogP) is 2.22. The Morgan fingerprint density at radius 3 is 2.35 bits per heavy atom. The molecule has 2 N–H and O–H groups in total. The molecule has 1 aromatic carbocycles. The van der Waals surface area contributed by atoms with Crippen molar-refractivity contribution in [2.45, 2.75) is 44.8 Å². The van der Waals surface area contributed by atoms with Crippen molar-refractivity contribution in [2.24, 2.45) is 0 Å². The van der Waals surface area contributed by atoms with Crippen LogP contribution in [0.25, 0.3) is 0 Å². The summed E-state index contributed by atoms with van der Waals surface area (Å²) in [6, 6.07) is 8.28. The molecule has 0 spiro atoms. The quantitative estimate of drug-likeness (QED) is 0.844. The lowest BCUT2D eigenvalue weighted by Crippen LogP contribution is -2.49. The number of hydrogen-bond acceptors (Lipinski definition) is 3. The summed E-state index contributed by atoms with van der Waals surface area (Å²) < 4.78 is 0. The molecular weight excluding hydrogens is 352 g/mol. The zero-order valence-electron chi connectivity index (χ0n) is 15.2. The molecule has 0 bridgehead atoms. The van der Waals surface area contributed by atoms with Crippen molar-refractivity contribution in [3.63, 3.8) is 0 Å². The minimum atomic E-state index is -0.0367. The number of benzene rings is 1. The van der Waals surface area contributed by atoms with E-state index in [0.717, 1.165) is 43.9 Å². The van der Waals surface area contributed by atoms with Crippen LogP contribution in [0.4, 0.5) is 4.79 Å². The van der Waals surface area contributed by atoms with Gasteiger partial charge in [0.25, 0.3) is 0 Å². The summed E-state index contributed by atoms with van der Waals surface area (Å²) in [6.07, 6.45) is 2.75. The third kappa shape index (κ3) is 5.35. The number of likely N-dealkylation sites (tertiary alicyclic amines) is 2. The largest absolute Gasteiger partial charge is 0.352 e. The van der Waals surface area contributed by atoms with Crippen LogP contribution in [0.3, 0.4) is 0 Å². The number of nitrogens with one attached hydrogen (secondary N) is 2. The van der Waals surface area contributed by atoms with E-state index in [9.17, 15) is 9.59 Å². The van der Waals surface area contributed by atoms with Gasteiger partial charge in [0, 0.05) is 56.8 Å². The van der Waals surface area contributed by atoms with Gasteiger partial charge in [0.15, 0.2) is 0 Å². The highest BCUT2D eigenvalue weighted by Crippen LogP contribution is 2.17. The van der Waals surface area contributed by atoms with Crippen molar-refractivity contribution in [3.05, 3.63) is 34.9 Å². The van der Waals surface area contributed by atoms with Gasteiger partial charge in [-0.05, 0) is 37.0 Å². The molecule has 2 aliphatic rings. The minimum absolute atomic E-state index is 0.00555. The number of halogens is 1. The average Bonchev–Trinajstić information content (AvgIpc) is 3.06. The summed E-state index contributed by atoms with van der Waals surface area (Å²) in [5.74, 6) is -0.0367. The normalized spacial score (nSPS) is 21.6. The summed E-state index contributed by atoms with van der Waals surface area (Å²) in [4.78, 5) is 27.8. The van der Waals surface area contributed by atoms with Crippen LogP contribution in [0.15, 0.2) is 24.3 Å². The SMILES string of the molecule is CC(=O)N[C@@H]1CCN(C(=O)NC2CCN(Cc3ccc(Cl)cc3)CC2)C1. The molecule has 2 aliphatic heterocycles. The Bertz CT molecular complexity index is 629. The Labute approximate surface area is 159 Å². The van der Waals surface area contributed by atoms with E-state index in [-0.39, 0.29) is 24.0 Å². The van der Waals surface area contributed by atoms with Crippen molar-refractivity contribution >= 4 is 23.5 Å². The summed E-state index contributed by atoms with van der Waals surface area (Å²) in [5, 5.41) is 6.81. The fourth-order valence-electron chi connectivity index (χ4n) is 3.70. The van der Waals surface area contributed by atoms with Gasteiger partial charge < -0.3 is 15.5 Å². The first-order valence-corrected chi connectivity index (χ1v) is 9.67. The van der Waals surface area contributed by atoms with E-state index in [4.69, 9.17) is 11.6 Å². The fourth-order valence-corrected chi connectivity index (χ4v) is 3.83. The lowest BCUT2D eigenvalue weighted by Gasteiger charge is -2.33. The van der Waals surface area contributed by atoms with Crippen LogP contribution in [0.5, 0.6) is 0 Å². The molecule has 1 aromatic rings. The second kappa shape index (κ2) is 8.73. The maximum Gasteiger partial charge on any atom is 0.317 e. The number of piperidine rings is 1. The van der Waals surface area contributed by atoms with E-state index in [1.54, 1.807) is 4.90 Å². The molecule has 0 saturated carbocycles. The van der Waals surface area contributed by atoms with Crippen LogP contribution >= 0.6 is 11.6 Å². The highest BCUT2D eigenvalue weighted by atomic mass is 35.5. The highest BCUT2D eigenvalue weighted by Gasteiger charge is 2.28. The molecule has 3 amide bonds. The topological polar surface area (TPSA) is 64.7 Å². The number of carbonyl (C=O) groups is 2. The molecule has 3 rings (SSSR count). The molecule has 7 heteroatoms. The third-order valence-electron chi connectivity index (χ3n) is 5.12. The Kier molecular flexibility index (Phi) is 6.38. The van der Waals surface area contributed by atoms with Gasteiger partial charge in [-0.15, -0.1) is 0 Å². The van der Waals surface area contributed by atoms with E-state index >= 15 is 0 Å². The first kappa shape index (κ1) is 19.0. The number of rotatable bonds is 4. The van der Waals surface area contributed by atoms with Gasteiger partial charge >= 0.3 is 6.03 Å². The van der Waals surface area contributed by atoms with E-state index in [0.29, 0.717) is 13.1 Å². The van der Waals surface area contributed by atoms with Crippen LogP contribution < -0.4 is 10.6 Å². The van der Waals surface area contributed by atoms with E-state index < -0.39 is 0 Å². The minimum Gasteiger partial charge on any atom is -0.352 e. The molecule has 1 atom stereocenters. The monoisotopic (exact) mass is 378 g/mol. The number of amides is 3. The van der Waals surface area contributed by atoms with Gasteiger partial charge in [-0.1, -0.05) is 23.7 Å². The number of carbonyl (C=O) groups excluding carboxylic acids is 2. The zero-order valence-corrected chi connectivity index (χ0v) is 16.0. The summed E-state index contributed by atoms with van der Waals surface area (Å²) in [5.41, 5.74) is 1.26. The number of hydrogen-bond donors (Lipinski definition) is 2. The van der Waals surface area contributed by atoms with Crippen molar-refractivity contribution in [3.8, 4) is 0 Å². The van der Waals surface area contributed by atoms with Crippen LogP contribution in [0, 0.1) is 0 Å². The third-order valence-corrected chi connectivity index (χ3v) is 5.37. The molecule has 142 valence electrons. The van der Waals surface area contributed by atoms with Gasteiger partial charge in [0.2, 0.25) is 5.91 Å². The van der Waals surface area contributed by atoms with Crippen molar-refractivity contribution in [1.82, 2.24) is 20.4 Å². The van der Waals surface area contributed by atoms with Crippen molar-refractivity contribution in [2.75, 3.05) is 26.2 Å². The first-order valence-electron chi connectivity index (χ1n) is 9.29. The Balaban J connectivity index is 1.39. The Hall–Kier alpha value is -1.79. The predicted molar refractivity (Wildman–Crippen MR) is 102 cm³/mol. The molecule has 6 nitrogen and oxygen atoms in total. The van der Waals surface area contributed by atoms with E-state index in [1.807, 2.05) is 12.1 Å². The van der Waals surface area contributed by atoms with Gasteiger partial charge in [-0.25, -0.2) is 4.79 Å². The molecule has 0 unspecified atom stereocenters. The first-order chi connectivity index (χ1) is 12.5. The molecule has 0 aromatic heterocycles. The lowest BCUT2D eigenvalue weighted by molar-refractivity contribution is -0.119. The molecule has 2 saturated heterocycles.